The lowest BCUT2D eigenvalue weighted by Gasteiger charge is -2.08. The molecule has 110 valence electrons. The maximum Gasteiger partial charge on any atom is 0.292 e. The van der Waals surface area contributed by atoms with E-state index in [0.717, 1.165) is 0 Å². The Morgan fingerprint density at radius 2 is 2.29 bits per heavy atom. The van der Waals surface area contributed by atoms with Crippen molar-refractivity contribution in [3.63, 3.8) is 0 Å². The molecule has 0 fully saturated rings. The summed E-state index contributed by atoms with van der Waals surface area (Å²) < 4.78 is 0. The molecule has 3 N–H and O–H groups in total. The molecule has 9 nitrogen and oxygen atoms in total. The summed E-state index contributed by atoms with van der Waals surface area (Å²) in [5.74, 6) is 0.371. The van der Waals surface area contributed by atoms with Crippen LogP contribution in [-0.4, -0.2) is 39.6 Å². The van der Waals surface area contributed by atoms with Crippen LogP contribution in [0.5, 0.6) is 0 Å². The standard InChI is InChI=1S/C12H14N6O3/c1-13-12(19)8-2-3-10(18(20)21)9(6-8)14-5-4-11-15-7-16-17-11/h2-3,6-7,14H,4-5H2,1H3,(H,13,19)(H,15,16,17). The van der Waals surface area contributed by atoms with Gasteiger partial charge in [-0.15, -0.1) is 0 Å². The topological polar surface area (TPSA) is 126 Å². The molecule has 1 aromatic carbocycles. The fourth-order valence-corrected chi connectivity index (χ4v) is 1.79. The van der Waals surface area contributed by atoms with E-state index in [1.807, 2.05) is 0 Å². The molecule has 1 aromatic heterocycles. The minimum Gasteiger partial charge on any atom is -0.379 e. The van der Waals surface area contributed by atoms with Gasteiger partial charge in [0.1, 0.15) is 17.8 Å². The minimum atomic E-state index is -0.496. The molecular formula is C12H14N6O3. The summed E-state index contributed by atoms with van der Waals surface area (Å²) in [6.45, 7) is 0.424. The Balaban J connectivity index is 2.14. The molecule has 0 radical (unpaired) electrons. The van der Waals surface area contributed by atoms with Crippen molar-refractivity contribution < 1.29 is 9.72 Å². The molecule has 0 spiro atoms. The lowest BCUT2D eigenvalue weighted by atomic mass is 10.1. The van der Waals surface area contributed by atoms with Crippen LogP contribution in [0, 0.1) is 10.1 Å². The fourth-order valence-electron chi connectivity index (χ4n) is 1.79. The lowest BCUT2D eigenvalue weighted by molar-refractivity contribution is -0.384. The number of carbonyl (C=O) groups excluding carboxylic acids is 1. The summed E-state index contributed by atoms with van der Waals surface area (Å²) in [5.41, 5.74) is 0.561. The Morgan fingerprint density at radius 3 is 2.90 bits per heavy atom. The summed E-state index contributed by atoms with van der Waals surface area (Å²) in [7, 11) is 1.50. The van der Waals surface area contributed by atoms with Crippen LogP contribution >= 0.6 is 0 Å². The van der Waals surface area contributed by atoms with Crippen LogP contribution in [0.1, 0.15) is 16.2 Å². The van der Waals surface area contributed by atoms with E-state index >= 15 is 0 Å². The molecule has 0 bridgehead atoms. The first kappa shape index (κ1) is 14.4. The van der Waals surface area contributed by atoms with Gasteiger partial charge in [0.2, 0.25) is 0 Å². The second-order valence-corrected chi connectivity index (χ2v) is 4.18. The van der Waals surface area contributed by atoms with E-state index in [-0.39, 0.29) is 11.6 Å². The molecule has 0 saturated carbocycles. The van der Waals surface area contributed by atoms with Crippen LogP contribution in [0.4, 0.5) is 11.4 Å². The van der Waals surface area contributed by atoms with Crippen molar-refractivity contribution in [2.24, 2.45) is 0 Å². The Kier molecular flexibility index (Phi) is 4.44. The van der Waals surface area contributed by atoms with Gasteiger partial charge in [0.25, 0.3) is 11.6 Å². The number of aromatic amines is 1. The minimum absolute atomic E-state index is 0.0831. The van der Waals surface area contributed by atoms with Crippen molar-refractivity contribution in [3.05, 3.63) is 46.0 Å². The zero-order chi connectivity index (χ0) is 15.2. The number of H-pyrrole nitrogens is 1. The molecule has 1 heterocycles. The molecule has 0 saturated heterocycles. The quantitative estimate of drug-likeness (QED) is 0.531. The van der Waals surface area contributed by atoms with Crippen LogP contribution in [-0.2, 0) is 6.42 Å². The second-order valence-electron chi connectivity index (χ2n) is 4.18. The number of rotatable bonds is 6. The Morgan fingerprint density at radius 1 is 1.48 bits per heavy atom. The molecule has 9 heteroatoms. The summed E-state index contributed by atoms with van der Waals surface area (Å²) in [5, 5.41) is 22.8. The predicted molar refractivity (Wildman–Crippen MR) is 75.1 cm³/mol. The molecule has 0 atom stereocenters. The number of nitro groups is 1. The molecule has 0 unspecified atom stereocenters. The SMILES string of the molecule is CNC(=O)c1ccc([N+](=O)[O-])c(NCCc2ncn[nH]2)c1. The van der Waals surface area contributed by atoms with Gasteiger partial charge in [0.15, 0.2) is 0 Å². The smallest absolute Gasteiger partial charge is 0.292 e. The van der Waals surface area contributed by atoms with E-state index in [1.165, 1.54) is 31.6 Å². The van der Waals surface area contributed by atoms with Crippen molar-refractivity contribution in [1.82, 2.24) is 20.5 Å². The maximum absolute atomic E-state index is 11.6. The van der Waals surface area contributed by atoms with Crippen LogP contribution in [0.15, 0.2) is 24.5 Å². The predicted octanol–water partition coefficient (Wildman–Crippen LogP) is 0.727. The van der Waals surface area contributed by atoms with Crippen molar-refractivity contribution in [2.75, 3.05) is 18.9 Å². The van der Waals surface area contributed by atoms with E-state index in [9.17, 15) is 14.9 Å². The van der Waals surface area contributed by atoms with Crippen LogP contribution in [0.3, 0.4) is 0 Å². The Bertz CT molecular complexity index is 640. The number of aromatic nitrogens is 3. The third-order valence-electron chi connectivity index (χ3n) is 2.82. The number of benzene rings is 1. The number of amides is 1. The van der Waals surface area contributed by atoms with E-state index < -0.39 is 4.92 Å². The second kappa shape index (κ2) is 6.46. The van der Waals surface area contributed by atoms with Crippen LogP contribution < -0.4 is 10.6 Å². The van der Waals surface area contributed by atoms with Gasteiger partial charge in [-0.3, -0.25) is 20.0 Å². The fraction of sp³-hybridized carbons (Fsp3) is 0.250. The average molecular weight is 290 g/mol. The van der Waals surface area contributed by atoms with Crippen molar-refractivity contribution in [3.8, 4) is 0 Å². The number of anilines is 1. The van der Waals surface area contributed by atoms with Gasteiger partial charge in [-0.2, -0.15) is 5.10 Å². The number of nitrogens with zero attached hydrogens (tertiary/aromatic N) is 3. The molecule has 0 aliphatic heterocycles. The third-order valence-corrected chi connectivity index (χ3v) is 2.82. The van der Waals surface area contributed by atoms with Gasteiger partial charge >= 0.3 is 0 Å². The third kappa shape index (κ3) is 3.53. The molecule has 0 aliphatic carbocycles. The Hall–Kier alpha value is -2.97. The molecular weight excluding hydrogens is 276 g/mol. The van der Waals surface area contributed by atoms with Gasteiger partial charge in [-0.25, -0.2) is 4.98 Å². The van der Waals surface area contributed by atoms with E-state index in [2.05, 4.69) is 25.8 Å². The van der Waals surface area contributed by atoms with Gasteiger partial charge in [0, 0.05) is 31.6 Å². The highest BCUT2D eigenvalue weighted by molar-refractivity contribution is 5.95. The summed E-state index contributed by atoms with van der Waals surface area (Å²) in [4.78, 5) is 26.0. The highest BCUT2D eigenvalue weighted by Gasteiger charge is 2.16. The van der Waals surface area contributed by atoms with Crippen LogP contribution in [0.25, 0.3) is 0 Å². The molecule has 2 rings (SSSR count). The average Bonchev–Trinajstić information content (AvgIpc) is 2.99. The first-order valence-electron chi connectivity index (χ1n) is 6.20. The first-order chi connectivity index (χ1) is 10.1. The largest absolute Gasteiger partial charge is 0.379 e. The first-order valence-corrected chi connectivity index (χ1v) is 6.20. The van der Waals surface area contributed by atoms with Gasteiger partial charge in [-0.05, 0) is 12.1 Å². The monoisotopic (exact) mass is 290 g/mol. The number of carbonyl (C=O) groups is 1. The van der Waals surface area contributed by atoms with E-state index in [4.69, 9.17) is 0 Å². The zero-order valence-corrected chi connectivity index (χ0v) is 11.3. The lowest BCUT2D eigenvalue weighted by Crippen LogP contribution is -2.18. The molecule has 1 amide bonds. The van der Waals surface area contributed by atoms with Crippen molar-refractivity contribution in [1.29, 1.82) is 0 Å². The van der Waals surface area contributed by atoms with Gasteiger partial charge in [-0.1, -0.05) is 0 Å². The van der Waals surface area contributed by atoms with E-state index in [0.29, 0.717) is 30.0 Å². The normalized spacial score (nSPS) is 10.1. The number of hydrogen-bond acceptors (Lipinski definition) is 6. The highest BCUT2D eigenvalue weighted by Crippen LogP contribution is 2.25. The van der Waals surface area contributed by atoms with Crippen molar-refractivity contribution in [2.45, 2.75) is 6.42 Å². The van der Waals surface area contributed by atoms with E-state index in [1.54, 1.807) is 0 Å². The summed E-state index contributed by atoms with van der Waals surface area (Å²) in [6, 6.07) is 4.18. The summed E-state index contributed by atoms with van der Waals surface area (Å²) >= 11 is 0. The Labute approximate surface area is 119 Å². The highest BCUT2D eigenvalue weighted by atomic mass is 16.6. The van der Waals surface area contributed by atoms with Crippen LogP contribution in [0.2, 0.25) is 0 Å². The molecule has 21 heavy (non-hydrogen) atoms. The number of nitro benzene ring substituents is 1. The maximum atomic E-state index is 11.6. The molecule has 2 aromatic rings. The zero-order valence-electron chi connectivity index (χ0n) is 11.3. The molecule has 0 aliphatic rings. The summed E-state index contributed by atoms with van der Waals surface area (Å²) in [6.07, 6.45) is 1.92. The van der Waals surface area contributed by atoms with Gasteiger partial charge in [0.05, 0.1) is 4.92 Å². The van der Waals surface area contributed by atoms with Gasteiger partial charge < -0.3 is 10.6 Å². The number of hydrogen-bond donors (Lipinski definition) is 3. The number of nitrogens with one attached hydrogen (secondary N) is 3. The van der Waals surface area contributed by atoms with Crippen molar-refractivity contribution >= 4 is 17.3 Å².